The monoisotopic (exact) mass is 991 g/mol. The number of nitrogens with zero attached hydrogens (tertiary/aromatic N) is 1. The van der Waals surface area contributed by atoms with E-state index < -0.39 is 5.97 Å². The third kappa shape index (κ3) is 10.4. The summed E-state index contributed by atoms with van der Waals surface area (Å²) in [6.07, 6.45) is 1.95. The van der Waals surface area contributed by atoms with Crippen LogP contribution < -0.4 is 0 Å². The lowest BCUT2D eigenvalue weighted by Crippen LogP contribution is -2.40. The predicted octanol–water partition coefficient (Wildman–Crippen LogP) is 11.6. The van der Waals surface area contributed by atoms with Gasteiger partial charge in [-0.25, -0.2) is 9.59 Å². The topological polar surface area (TPSA) is 205 Å². The number of ether oxygens (including phenoxy) is 2. The molecule has 0 unspecified atom stereocenters. The molecule has 1 saturated heterocycles. The maximum Gasteiger partial charge on any atom is 0.348 e. The number of thiophene rings is 3. The summed E-state index contributed by atoms with van der Waals surface area (Å²) in [4.78, 5) is 74.8. The number of carbonyl (C=O) groups excluding carboxylic acids is 5. The van der Waals surface area contributed by atoms with Gasteiger partial charge in [0.25, 0.3) is 5.91 Å². The van der Waals surface area contributed by atoms with Gasteiger partial charge in [0.1, 0.15) is 27.0 Å². The minimum Gasteiger partial charge on any atom is -0.507 e. The molecule has 4 N–H and O–H groups in total. The van der Waals surface area contributed by atoms with E-state index in [9.17, 15) is 44.1 Å². The van der Waals surface area contributed by atoms with Crippen molar-refractivity contribution in [2.75, 3.05) is 32.9 Å². The number of aromatic hydroxyl groups is 3. The van der Waals surface area contributed by atoms with Crippen LogP contribution in [0.25, 0.3) is 63.6 Å². The van der Waals surface area contributed by atoms with Crippen molar-refractivity contribution in [1.82, 2.24) is 4.90 Å². The molecule has 0 spiro atoms. The van der Waals surface area contributed by atoms with Gasteiger partial charge in [-0.15, -0.1) is 34.0 Å². The van der Waals surface area contributed by atoms with E-state index in [0.717, 1.165) is 47.5 Å². The summed E-state index contributed by atoms with van der Waals surface area (Å²) >= 11 is 4.02. The van der Waals surface area contributed by atoms with E-state index in [1.54, 1.807) is 55.5 Å². The smallest absolute Gasteiger partial charge is 0.348 e. The van der Waals surface area contributed by atoms with Crippen LogP contribution in [-0.4, -0.2) is 94.9 Å². The number of aldehydes is 3. The van der Waals surface area contributed by atoms with Crippen molar-refractivity contribution in [3.05, 3.63) is 159 Å². The Morgan fingerprint density at radius 1 is 0.543 bits per heavy atom. The molecule has 13 nitrogen and oxygen atoms in total. The average molecular weight is 992 g/mol. The number of hydrogen-bond acceptors (Lipinski definition) is 14. The van der Waals surface area contributed by atoms with E-state index in [2.05, 4.69) is 0 Å². The van der Waals surface area contributed by atoms with Crippen LogP contribution in [0.1, 0.15) is 67.0 Å². The number of phenols is 3. The fraction of sp³-hybridized carbons (Fsp3) is 0.111. The molecular formula is C54H41NO12S3. The zero-order valence-electron chi connectivity index (χ0n) is 37.1. The first kappa shape index (κ1) is 48.4. The summed E-state index contributed by atoms with van der Waals surface area (Å²) in [6.45, 7) is 4.54. The van der Waals surface area contributed by atoms with Gasteiger partial charge in [0.2, 0.25) is 0 Å². The van der Waals surface area contributed by atoms with E-state index in [0.29, 0.717) is 83.2 Å². The highest BCUT2D eigenvalue weighted by molar-refractivity contribution is 7.18. The SMILES string of the molecule is CCOC(=O)c1ccc(-c2ccc3c(C=O)c(O)ccc3c2)s1.O=Cc1c(O)ccc2cc(-c3ccc(C(=O)N4CCOCC4)s3)ccc12.O=Cc1c(O)ccc2cc(-c3ccc(C(=O)O)s3)ccc12. The van der Waals surface area contributed by atoms with Crippen LogP contribution in [0.15, 0.2) is 127 Å². The van der Waals surface area contributed by atoms with Gasteiger partial charge in [-0.3, -0.25) is 19.2 Å². The number of esters is 1. The Morgan fingerprint density at radius 2 is 0.929 bits per heavy atom. The number of fused-ring (bicyclic) bond motifs is 3. The van der Waals surface area contributed by atoms with Gasteiger partial charge in [-0.1, -0.05) is 54.6 Å². The zero-order chi connectivity index (χ0) is 49.5. The van der Waals surface area contributed by atoms with Crippen molar-refractivity contribution in [2.24, 2.45) is 0 Å². The van der Waals surface area contributed by atoms with Crippen LogP contribution in [0.5, 0.6) is 17.2 Å². The quantitative estimate of drug-likeness (QED) is 0.0746. The molecule has 70 heavy (non-hydrogen) atoms. The van der Waals surface area contributed by atoms with Crippen LogP contribution in [0.3, 0.4) is 0 Å². The molecule has 1 fully saturated rings. The number of carboxylic acid groups (broad SMARTS) is 1. The lowest BCUT2D eigenvalue weighted by Gasteiger charge is -2.26. The number of morpholine rings is 1. The lowest BCUT2D eigenvalue weighted by molar-refractivity contribution is 0.0306. The van der Waals surface area contributed by atoms with Crippen molar-refractivity contribution < 1.29 is 58.7 Å². The Balaban J connectivity index is 0.000000142. The van der Waals surface area contributed by atoms with Crippen LogP contribution in [0.2, 0.25) is 0 Å². The fourth-order valence-corrected chi connectivity index (χ4v) is 10.5. The number of hydrogen-bond donors (Lipinski definition) is 4. The van der Waals surface area contributed by atoms with Crippen LogP contribution in [-0.2, 0) is 9.47 Å². The maximum absolute atomic E-state index is 12.6. The van der Waals surface area contributed by atoms with Crippen molar-refractivity contribution in [3.63, 3.8) is 0 Å². The summed E-state index contributed by atoms with van der Waals surface area (Å²) in [5.41, 5.74) is 3.64. The molecule has 6 aromatic carbocycles. The number of rotatable bonds is 10. The van der Waals surface area contributed by atoms with Crippen LogP contribution in [0.4, 0.5) is 0 Å². The molecule has 3 aromatic heterocycles. The highest BCUT2D eigenvalue weighted by Crippen LogP contribution is 2.36. The number of benzene rings is 6. The number of amides is 1. The normalized spacial score (nSPS) is 12.1. The first-order valence-corrected chi connectivity index (χ1v) is 24.1. The van der Waals surface area contributed by atoms with Crippen molar-refractivity contribution in [1.29, 1.82) is 0 Å². The minimum atomic E-state index is -0.944. The molecular weight excluding hydrogens is 951 g/mol. The molecule has 10 rings (SSSR count). The molecule has 4 heterocycles. The van der Waals surface area contributed by atoms with Crippen LogP contribution in [0, 0.1) is 0 Å². The predicted molar refractivity (Wildman–Crippen MR) is 273 cm³/mol. The van der Waals surface area contributed by atoms with Gasteiger partial charge in [0, 0.05) is 27.7 Å². The Labute approximate surface area is 411 Å². The molecule has 0 atom stereocenters. The Bertz CT molecular complexity index is 3470. The first-order chi connectivity index (χ1) is 33.9. The zero-order valence-corrected chi connectivity index (χ0v) is 39.6. The van der Waals surface area contributed by atoms with Crippen molar-refractivity contribution in [2.45, 2.75) is 6.92 Å². The molecule has 16 heteroatoms. The summed E-state index contributed by atoms with van der Waals surface area (Å²) in [6, 6.07) is 37.3. The lowest BCUT2D eigenvalue weighted by atomic mass is 10.0. The molecule has 0 radical (unpaired) electrons. The number of carbonyl (C=O) groups is 6. The summed E-state index contributed by atoms with van der Waals surface area (Å²) in [5, 5.41) is 42.8. The third-order valence-electron chi connectivity index (χ3n) is 11.3. The Morgan fingerprint density at radius 3 is 1.31 bits per heavy atom. The molecule has 0 aliphatic carbocycles. The molecule has 1 aliphatic heterocycles. The van der Waals surface area contributed by atoms with E-state index in [1.807, 2.05) is 65.6 Å². The molecule has 0 saturated carbocycles. The Kier molecular flexibility index (Phi) is 14.9. The van der Waals surface area contributed by atoms with E-state index >= 15 is 0 Å². The summed E-state index contributed by atoms with van der Waals surface area (Å²) in [5.74, 6) is -1.32. The molecule has 1 amide bonds. The second-order valence-electron chi connectivity index (χ2n) is 15.6. The molecule has 352 valence electrons. The molecule has 1 aliphatic rings. The second kappa shape index (κ2) is 21.5. The van der Waals surface area contributed by atoms with Gasteiger partial charge in [0.05, 0.1) is 41.4 Å². The first-order valence-electron chi connectivity index (χ1n) is 21.6. The highest BCUT2D eigenvalue weighted by Gasteiger charge is 2.21. The second-order valence-corrected chi connectivity index (χ2v) is 18.8. The van der Waals surface area contributed by atoms with Gasteiger partial charge >= 0.3 is 11.9 Å². The van der Waals surface area contributed by atoms with Crippen LogP contribution >= 0.6 is 34.0 Å². The van der Waals surface area contributed by atoms with Gasteiger partial charge in [-0.2, -0.15) is 0 Å². The molecule has 9 aromatic rings. The Hall–Kier alpha value is -8.02. The standard InChI is InChI=1S/C20H17NO4S.C18H14O4S.C16H10O4S/c22-12-16-15-3-1-14(11-13(15)2-4-17(16)23)18-5-6-19(26-18)20(24)21-7-9-25-10-8-21;1-2-22-18(21)17-8-7-16(23-17)12-3-5-13-11(9-12)4-6-15(20)14(13)10-19;17-8-12-11-3-1-10(7-9(11)2-4-13(12)18)14-5-6-15(21-14)16(19)20/h1-6,11-12,23H,7-10H2;3-10,20H,2H2,1H3;1-8,18H,(H,19,20). The minimum absolute atomic E-state index is 0.0187. The van der Waals surface area contributed by atoms with Gasteiger partial charge in [-0.05, 0) is 129 Å². The van der Waals surface area contributed by atoms with E-state index in [-0.39, 0.29) is 45.1 Å². The van der Waals surface area contributed by atoms with Crippen molar-refractivity contribution >= 4 is 103 Å². The fourth-order valence-electron chi connectivity index (χ4n) is 7.80. The number of carboxylic acids is 1. The summed E-state index contributed by atoms with van der Waals surface area (Å²) < 4.78 is 10.3. The number of aromatic carboxylic acids is 1. The average Bonchev–Trinajstić information content (AvgIpc) is 4.20. The van der Waals surface area contributed by atoms with Gasteiger partial charge < -0.3 is 34.8 Å². The molecule has 0 bridgehead atoms. The highest BCUT2D eigenvalue weighted by atomic mass is 32.1. The van der Waals surface area contributed by atoms with Crippen molar-refractivity contribution in [3.8, 4) is 48.6 Å². The largest absolute Gasteiger partial charge is 0.507 e. The van der Waals surface area contributed by atoms with E-state index in [4.69, 9.17) is 14.6 Å². The van der Waals surface area contributed by atoms with Gasteiger partial charge in [0.15, 0.2) is 18.9 Å². The number of phenolic OH excluding ortho intramolecular Hbond substituents is 3. The van der Waals surface area contributed by atoms with E-state index in [1.165, 1.54) is 52.2 Å². The summed E-state index contributed by atoms with van der Waals surface area (Å²) in [7, 11) is 0. The third-order valence-corrected chi connectivity index (χ3v) is 14.7. The maximum atomic E-state index is 12.6.